The SMILES string of the molecule is CNC(=O)c1cc(CP(Cl)(c2ccccc2)(c2ccccc2)c2ccccc2)nn2c(C)c(C(F)(F)F)nc12. The molecule has 0 aliphatic carbocycles. The van der Waals surface area contributed by atoms with Crippen molar-refractivity contribution in [2.24, 2.45) is 0 Å². The summed E-state index contributed by atoms with van der Waals surface area (Å²) in [4.78, 5) is 16.7. The molecule has 1 N–H and O–H groups in total. The molecule has 0 saturated heterocycles. The van der Waals surface area contributed by atoms with Crippen molar-refractivity contribution in [3.05, 3.63) is 120 Å². The van der Waals surface area contributed by atoms with E-state index in [-0.39, 0.29) is 23.1 Å². The predicted molar refractivity (Wildman–Crippen MR) is 151 cm³/mol. The van der Waals surface area contributed by atoms with Crippen LogP contribution >= 0.6 is 17.2 Å². The molecular weight excluding hydrogens is 544 g/mol. The molecule has 0 radical (unpaired) electrons. The van der Waals surface area contributed by atoms with E-state index < -0.39 is 23.7 Å². The molecule has 0 saturated carbocycles. The number of aryl methyl sites for hydroxylation is 1. The monoisotopic (exact) mass is 568 g/mol. The predicted octanol–water partition coefficient (Wildman–Crippen LogP) is 5.60. The Kier molecular flexibility index (Phi) is 6.73. The van der Waals surface area contributed by atoms with E-state index >= 15 is 0 Å². The van der Waals surface area contributed by atoms with Crippen molar-refractivity contribution in [2.45, 2.75) is 19.3 Å². The van der Waals surface area contributed by atoms with Gasteiger partial charge in [-0.15, -0.1) is 0 Å². The zero-order valence-corrected chi connectivity index (χ0v) is 22.8. The minimum absolute atomic E-state index is 0.0167. The second kappa shape index (κ2) is 9.78. The van der Waals surface area contributed by atoms with Gasteiger partial charge >= 0.3 is 229 Å². The van der Waals surface area contributed by atoms with Crippen molar-refractivity contribution in [2.75, 3.05) is 7.05 Å². The minimum atomic E-state index is -4.71. The van der Waals surface area contributed by atoms with Gasteiger partial charge in [-0.3, -0.25) is 0 Å². The third-order valence-corrected chi connectivity index (χ3v) is 14.1. The quantitative estimate of drug-likeness (QED) is 0.271. The van der Waals surface area contributed by atoms with Crippen molar-refractivity contribution in [3.63, 3.8) is 0 Å². The van der Waals surface area contributed by atoms with Gasteiger partial charge in [-0.05, 0) is 0 Å². The fourth-order valence-corrected chi connectivity index (χ4v) is 11.0. The number of imidazole rings is 1. The van der Waals surface area contributed by atoms with Crippen LogP contribution in [-0.4, -0.2) is 27.6 Å². The number of amides is 1. The summed E-state index contributed by atoms with van der Waals surface area (Å²) in [5.74, 6) is -4.44. The molecule has 2 aromatic heterocycles. The summed E-state index contributed by atoms with van der Waals surface area (Å²) in [5, 5.41) is 9.72. The standard InChI is InChI=1S/C29H25ClF3N4OP/c1-20-26(29(31,32)33)35-27-25(28(38)34-2)18-21(36-37(20)27)19-39(30,22-12-6-3-7-13-22,23-14-8-4-9-15-23)24-16-10-5-11-17-24/h3-18H,19H2,1-2H3,(H,34,38). The van der Waals surface area contributed by atoms with Crippen molar-refractivity contribution >= 4 is 44.7 Å². The van der Waals surface area contributed by atoms with Crippen LogP contribution in [0, 0.1) is 6.92 Å². The van der Waals surface area contributed by atoms with E-state index in [4.69, 9.17) is 11.2 Å². The Morgan fingerprint density at radius 3 is 1.77 bits per heavy atom. The van der Waals surface area contributed by atoms with Crippen LogP contribution in [-0.2, 0) is 12.3 Å². The number of alkyl halides is 3. The summed E-state index contributed by atoms with van der Waals surface area (Å²) in [6.45, 7) is 1.29. The molecule has 0 aliphatic rings. The Morgan fingerprint density at radius 1 is 0.897 bits per heavy atom. The summed E-state index contributed by atoms with van der Waals surface area (Å²) >= 11 is 8.13. The van der Waals surface area contributed by atoms with Crippen LogP contribution in [0.4, 0.5) is 13.2 Å². The number of nitrogens with one attached hydrogen (secondary N) is 1. The van der Waals surface area contributed by atoms with Crippen molar-refractivity contribution in [1.29, 1.82) is 0 Å². The third kappa shape index (κ3) is 4.38. The van der Waals surface area contributed by atoms with Crippen LogP contribution in [0.5, 0.6) is 0 Å². The number of aromatic nitrogens is 3. The van der Waals surface area contributed by atoms with Crippen LogP contribution < -0.4 is 21.2 Å². The van der Waals surface area contributed by atoms with Crippen LogP contribution in [0.1, 0.15) is 27.4 Å². The second-order valence-corrected chi connectivity index (χ2v) is 15.7. The van der Waals surface area contributed by atoms with Gasteiger partial charge in [0, 0.05) is 0 Å². The number of fused-ring (bicyclic) bond motifs is 1. The van der Waals surface area contributed by atoms with Gasteiger partial charge in [-0.1, -0.05) is 0 Å². The van der Waals surface area contributed by atoms with Crippen molar-refractivity contribution in [1.82, 2.24) is 19.9 Å². The summed E-state index contributed by atoms with van der Waals surface area (Å²) in [5.41, 5.74) is -1.12. The zero-order valence-electron chi connectivity index (χ0n) is 21.2. The summed E-state index contributed by atoms with van der Waals surface area (Å²) in [6, 6.07) is 30.5. The molecule has 3 aromatic carbocycles. The van der Waals surface area contributed by atoms with Gasteiger partial charge in [0.2, 0.25) is 0 Å². The molecule has 0 bridgehead atoms. The van der Waals surface area contributed by atoms with Gasteiger partial charge in [0.25, 0.3) is 0 Å². The fourth-order valence-electron chi connectivity index (χ4n) is 5.07. The molecule has 10 heteroatoms. The van der Waals surface area contributed by atoms with E-state index in [1.807, 2.05) is 91.0 Å². The van der Waals surface area contributed by atoms with Crippen LogP contribution in [0.15, 0.2) is 97.1 Å². The molecule has 1 amide bonds. The first kappa shape index (κ1) is 26.9. The van der Waals surface area contributed by atoms with Gasteiger partial charge in [-0.25, -0.2) is 0 Å². The third-order valence-electron chi connectivity index (χ3n) is 6.94. The maximum atomic E-state index is 13.8. The molecule has 5 aromatic rings. The van der Waals surface area contributed by atoms with Gasteiger partial charge in [-0.2, -0.15) is 0 Å². The van der Waals surface area contributed by atoms with E-state index in [1.54, 1.807) is 0 Å². The van der Waals surface area contributed by atoms with E-state index in [0.29, 0.717) is 5.69 Å². The molecule has 2 heterocycles. The molecule has 39 heavy (non-hydrogen) atoms. The Labute approximate surface area is 228 Å². The number of hydrogen-bond acceptors (Lipinski definition) is 3. The number of rotatable bonds is 6. The Balaban J connectivity index is 1.87. The average molecular weight is 569 g/mol. The first-order valence-corrected chi connectivity index (χ1v) is 15.5. The summed E-state index contributed by atoms with van der Waals surface area (Å²) in [7, 11) is 1.42. The Morgan fingerprint density at radius 2 is 1.36 bits per heavy atom. The number of nitrogens with zero attached hydrogens (tertiary/aromatic N) is 3. The fraction of sp³-hybridized carbons (Fsp3) is 0.138. The number of carbonyl (C=O) groups excluding carboxylic acids is 1. The van der Waals surface area contributed by atoms with Gasteiger partial charge in [0.05, 0.1) is 0 Å². The van der Waals surface area contributed by atoms with E-state index in [2.05, 4.69) is 15.4 Å². The topological polar surface area (TPSA) is 59.3 Å². The van der Waals surface area contributed by atoms with E-state index in [9.17, 15) is 18.0 Å². The van der Waals surface area contributed by atoms with Gasteiger partial charge in [0.1, 0.15) is 0 Å². The number of benzene rings is 3. The van der Waals surface area contributed by atoms with Crippen LogP contribution in [0.3, 0.4) is 0 Å². The summed E-state index contributed by atoms with van der Waals surface area (Å²) in [6.07, 6.45) is -4.56. The molecule has 0 aliphatic heterocycles. The first-order chi connectivity index (χ1) is 18.6. The average Bonchev–Trinajstić information content (AvgIpc) is 3.30. The molecular formula is C29H25ClF3N4OP. The van der Waals surface area contributed by atoms with Crippen molar-refractivity contribution < 1.29 is 18.0 Å². The molecule has 5 rings (SSSR count). The summed E-state index contributed by atoms with van der Waals surface area (Å²) < 4.78 is 42.4. The first-order valence-electron chi connectivity index (χ1n) is 12.2. The van der Waals surface area contributed by atoms with Crippen LogP contribution in [0.25, 0.3) is 5.65 Å². The second-order valence-electron chi connectivity index (χ2n) is 9.26. The van der Waals surface area contributed by atoms with E-state index in [0.717, 1.165) is 20.4 Å². The zero-order chi connectivity index (χ0) is 27.9. The molecule has 0 unspecified atom stereocenters. The van der Waals surface area contributed by atoms with Crippen molar-refractivity contribution in [3.8, 4) is 0 Å². The number of halogens is 4. The number of hydrogen-bond donors (Lipinski definition) is 1. The molecule has 200 valence electrons. The Bertz CT molecular complexity index is 1560. The van der Waals surface area contributed by atoms with Crippen LogP contribution in [0.2, 0.25) is 0 Å². The molecule has 0 atom stereocenters. The molecule has 5 nitrogen and oxygen atoms in total. The molecule has 0 fully saturated rings. The Hall–Kier alpha value is -3.74. The van der Waals surface area contributed by atoms with E-state index in [1.165, 1.54) is 20.0 Å². The maximum absolute atomic E-state index is 13.8. The van der Waals surface area contributed by atoms with Gasteiger partial charge < -0.3 is 0 Å². The normalized spacial score (nSPS) is 13.1. The molecule has 0 spiro atoms. The van der Waals surface area contributed by atoms with Gasteiger partial charge in [0.15, 0.2) is 0 Å². The number of carbonyl (C=O) groups is 1.